The van der Waals surface area contributed by atoms with Crippen molar-refractivity contribution < 1.29 is 55.1 Å². The Morgan fingerprint density at radius 3 is 1.05 bits per heavy atom. The van der Waals surface area contributed by atoms with Gasteiger partial charge in [-0.2, -0.15) is 31.3 Å². The van der Waals surface area contributed by atoms with Gasteiger partial charge in [0.1, 0.15) is 52.3 Å². The van der Waals surface area contributed by atoms with E-state index in [-0.39, 0.29) is 84.5 Å². The van der Waals surface area contributed by atoms with Crippen LogP contribution in [0.5, 0.6) is 5.88 Å². The fourth-order valence-corrected chi connectivity index (χ4v) is 19.1. The summed E-state index contributed by atoms with van der Waals surface area (Å²) < 4.78 is 91.1. The number of aryl methyl sites for hydroxylation is 4. The maximum atomic E-state index is 13.1. The number of imidazole rings is 4. The van der Waals surface area contributed by atoms with Crippen LogP contribution in [0.25, 0.3) is 91.1 Å². The number of carbonyl (C=O) groups is 5. The van der Waals surface area contributed by atoms with E-state index in [4.69, 9.17) is 29.7 Å². The van der Waals surface area contributed by atoms with E-state index >= 15 is 0 Å². The van der Waals surface area contributed by atoms with E-state index in [1.54, 1.807) is 63.2 Å². The lowest BCUT2D eigenvalue weighted by Gasteiger charge is -2.19. The molecule has 16 aromatic rings. The summed E-state index contributed by atoms with van der Waals surface area (Å²) in [5.41, 5.74) is 18.4. The summed E-state index contributed by atoms with van der Waals surface area (Å²) in [6.07, 6.45) is 1.29. The van der Waals surface area contributed by atoms with Crippen LogP contribution in [0.15, 0.2) is 231 Å². The van der Waals surface area contributed by atoms with Crippen molar-refractivity contribution in [2.75, 3.05) is 26.7 Å². The average Bonchev–Trinajstić information content (AvgIpc) is 1.62. The average molecular weight is 1990 g/mol. The topological polar surface area (TPSA) is 282 Å². The van der Waals surface area contributed by atoms with Gasteiger partial charge in [0.25, 0.3) is 0 Å². The van der Waals surface area contributed by atoms with Gasteiger partial charge in [0.2, 0.25) is 29.5 Å². The van der Waals surface area contributed by atoms with Crippen LogP contribution >= 0.6 is 0 Å². The SMILES string of the molecule is CC(=O)c1nc(-c2ccccc2C(C)C)nc2c1CC(=O)N2Cc1ccc(-c2nc(C(F)(F)F)cn2C)cc1.COc1nc(-c2ccccc2C(C)C)nc2c1CC(=O)N2Cc1ccc(-c2nc(C(F)(F)F)cn2C)cc1.Cc1cn(C(C)C)c(-c2ccc(CN3C(=O)Cc4cnc(-c5ccccc5C(C)C)nc43)cc2)n1.Cc1cnc(-c2ccc(CN3C(=O)Cc4cnc(-c5ccccc5C(C)C)nc43)cc2)n1C(C)C. The number of carbonyl (C=O) groups excluding carboxylic acids is 5. The molecule has 0 spiro atoms. The van der Waals surface area contributed by atoms with Crippen LogP contribution in [0, 0.1) is 13.8 Å². The Balaban J connectivity index is 0.000000134. The number of hydrogen-bond acceptors (Lipinski definition) is 18. The van der Waals surface area contributed by atoms with Crippen molar-refractivity contribution in [1.29, 1.82) is 0 Å². The molecule has 20 rings (SSSR count). The first-order valence-electron chi connectivity index (χ1n) is 49.0. The van der Waals surface area contributed by atoms with Gasteiger partial charge in [0, 0.05) is 137 Å². The van der Waals surface area contributed by atoms with E-state index in [1.165, 1.54) is 53.3 Å². The first kappa shape index (κ1) is 102. The van der Waals surface area contributed by atoms with Gasteiger partial charge >= 0.3 is 12.4 Å². The Bertz CT molecular complexity index is 7500. The van der Waals surface area contributed by atoms with Crippen molar-refractivity contribution in [3.05, 3.63) is 327 Å². The van der Waals surface area contributed by atoms with Crippen molar-refractivity contribution in [1.82, 2.24) is 78.1 Å². The smallest absolute Gasteiger partial charge is 0.434 e. The summed E-state index contributed by atoms with van der Waals surface area (Å²) in [6.45, 7) is 32.5. The molecule has 0 atom stereocenters. The van der Waals surface area contributed by atoms with Crippen LogP contribution in [0.1, 0.15) is 226 Å². The predicted octanol–water partition coefficient (Wildman–Crippen LogP) is 24.0. The number of aromatic nitrogens is 16. The van der Waals surface area contributed by atoms with E-state index in [9.17, 15) is 50.3 Å². The summed E-state index contributed by atoms with van der Waals surface area (Å²) in [7, 11) is 4.55. The Morgan fingerprint density at radius 2 is 0.694 bits per heavy atom. The van der Waals surface area contributed by atoms with E-state index in [0.717, 1.165) is 113 Å². The molecule has 0 saturated heterocycles. The Kier molecular flexibility index (Phi) is 29.4. The molecule has 0 unspecified atom stereocenters. The van der Waals surface area contributed by atoms with Crippen LogP contribution in [-0.2, 0) is 97.5 Å². The van der Waals surface area contributed by atoms with Gasteiger partial charge in [0.05, 0.1) is 70.2 Å². The zero-order valence-electron chi connectivity index (χ0n) is 85.2. The van der Waals surface area contributed by atoms with Gasteiger partial charge in [-0.3, -0.25) is 43.6 Å². The Morgan fingerprint density at radius 1 is 0.361 bits per heavy atom. The highest BCUT2D eigenvalue weighted by molar-refractivity contribution is 6.06. The number of rotatable bonds is 24. The molecule has 0 aliphatic carbocycles. The molecule has 12 heterocycles. The summed E-state index contributed by atoms with van der Waals surface area (Å²) in [5, 5.41) is 0. The normalized spacial score (nSPS) is 13.3. The molecule has 0 fully saturated rings. The number of ether oxygens (including phenoxy) is 1. The number of ketones is 1. The number of fused-ring (bicyclic) bond motifs is 4. The number of methoxy groups -OCH3 is 1. The van der Waals surface area contributed by atoms with Gasteiger partial charge in [-0.25, -0.2) is 54.8 Å². The monoisotopic (exact) mass is 1980 g/mol. The fourth-order valence-electron chi connectivity index (χ4n) is 19.1. The maximum Gasteiger partial charge on any atom is 0.434 e. The van der Waals surface area contributed by atoms with Crippen LogP contribution < -0.4 is 24.3 Å². The number of alkyl halides is 6. The van der Waals surface area contributed by atoms with Gasteiger partial charge in [-0.05, 0) is 110 Å². The molecule has 0 saturated carbocycles. The second-order valence-electron chi connectivity index (χ2n) is 39.1. The molecule has 0 bridgehead atoms. The number of amides is 4. The maximum absolute atomic E-state index is 13.1. The predicted molar refractivity (Wildman–Crippen MR) is 555 cm³/mol. The number of benzene rings is 8. The molecule has 752 valence electrons. The number of anilines is 4. The highest BCUT2D eigenvalue weighted by Crippen LogP contribution is 2.44. The zero-order valence-corrected chi connectivity index (χ0v) is 85.2. The molecular weight excluding hydrogens is 1870 g/mol. The Hall–Kier alpha value is -16.2. The van der Waals surface area contributed by atoms with Crippen LogP contribution in [0.3, 0.4) is 0 Å². The summed E-state index contributed by atoms with van der Waals surface area (Å²) in [5.74, 6) is 7.89. The number of hydrogen-bond donors (Lipinski definition) is 0. The largest absolute Gasteiger partial charge is 0.481 e. The zero-order chi connectivity index (χ0) is 105. The van der Waals surface area contributed by atoms with Crippen molar-refractivity contribution >= 4 is 52.7 Å². The van der Waals surface area contributed by atoms with Gasteiger partial charge in [-0.1, -0.05) is 250 Å². The lowest BCUT2D eigenvalue weighted by Crippen LogP contribution is -2.26. The van der Waals surface area contributed by atoms with Crippen molar-refractivity contribution in [2.24, 2.45) is 14.1 Å². The van der Waals surface area contributed by atoms with E-state index < -0.39 is 23.7 Å². The van der Waals surface area contributed by atoms with Gasteiger partial charge in [0.15, 0.2) is 40.5 Å². The third-order valence-corrected chi connectivity index (χ3v) is 26.5. The van der Waals surface area contributed by atoms with E-state index in [0.29, 0.717) is 125 Å². The molecule has 8 aromatic heterocycles. The molecule has 4 aliphatic heterocycles. The minimum Gasteiger partial charge on any atom is -0.481 e. The van der Waals surface area contributed by atoms with Gasteiger partial charge < -0.3 is 23.0 Å². The number of Topliss-reactive ketones (excluding diaryl/α,β-unsaturated/α-hetero) is 1. The van der Waals surface area contributed by atoms with Crippen LogP contribution in [0.2, 0.25) is 0 Å². The lowest BCUT2D eigenvalue weighted by molar-refractivity contribution is -0.141. The molecule has 0 N–H and O–H groups in total. The third-order valence-electron chi connectivity index (χ3n) is 26.5. The van der Waals surface area contributed by atoms with E-state index in [2.05, 4.69) is 213 Å². The summed E-state index contributed by atoms with van der Waals surface area (Å²) >= 11 is 0. The van der Waals surface area contributed by atoms with Crippen LogP contribution in [0.4, 0.5) is 49.6 Å². The molecular formula is C115H114F6N20O6. The number of nitrogens with zero attached hydrogens (tertiary/aromatic N) is 20. The third kappa shape index (κ3) is 21.7. The second-order valence-corrected chi connectivity index (χ2v) is 39.1. The molecule has 4 amide bonds. The second kappa shape index (κ2) is 42.3. The molecule has 147 heavy (non-hydrogen) atoms. The number of halogens is 6. The van der Waals surface area contributed by atoms with Crippen molar-refractivity contribution in [3.8, 4) is 97.0 Å². The first-order chi connectivity index (χ1) is 70.1. The van der Waals surface area contributed by atoms with Crippen LogP contribution in [-0.4, -0.2) is 115 Å². The molecule has 8 aromatic carbocycles. The van der Waals surface area contributed by atoms with Gasteiger partial charge in [-0.15, -0.1) is 0 Å². The summed E-state index contributed by atoms with van der Waals surface area (Å²) in [4.78, 5) is 126. The minimum absolute atomic E-state index is 0.0158. The van der Waals surface area contributed by atoms with Crippen molar-refractivity contribution in [3.63, 3.8) is 0 Å². The lowest BCUT2D eigenvalue weighted by atomic mass is 9.96. The minimum atomic E-state index is -4.53. The Labute approximate surface area is 849 Å². The van der Waals surface area contributed by atoms with Crippen molar-refractivity contribution in [2.45, 2.75) is 204 Å². The quantitative estimate of drug-likeness (QED) is 0.0401. The highest BCUT2D eigenvalue weighted by atomic mass is 19.4. The molecule has 32 heteroatoms. The fraction of sp³-hybridized carbons (Fsp3) is 0.296. The molecule has 0 radical (unpaired) electrons. The first-order valence-corrected chi connectivity index (χ1v) is 49.0. The highest BCUT2D eigenvalue weighted by Gasteiger charge is 2.41. The standard InChI is InChI=1S/C29H26F3N5O2.2C29H31N5O.C28H26F3N5O2/c1-16(2)20-7-5-6-8-21(20)26-34-25(17(3)38)22-13-24(39)37(28(22)35-26)14-18-9-11-19(12-10-18)27-33-23(15-36(27)4)29(30,31)32;1-18(2)24-8-6-7-9-25(24)27-30-15-23-14-26(35)34(29(23)32-27)17-21-10-12-22(13-11-21)28-31-20(5)16-33(28)19(3)4;1-18(2)24-8-6-7-9-25(24)27-30-16-23-14-26(35)33(29(23)32-27)17-21-10-12-22(13-11-21)28-31-15-20(5)34(28)19(3)4;1-16(2)19-7-5-6-8-20(19)24-33-26-21(27(34-24)38-4)13-23(37)36(26)14-17-9-11-18(12-10-17)25-32-22(15-35(25)3)28(29,30)31/h5-12,15-16H,13-14H2,1-4H3;2*6-13,15-16,18-19H,14,17H2,1-5H3;5-12,15-16H,13-14H2,1-4H3. The van der Waals surface area contributed by atoms with E-state index in [1.807, 2.05) is 98.3 Å². The molecule has 4 aliphatic rings. The molecule has 26 nitrogen and oxygen atoms in total. The summed E-state index contributed by atoms with van der Waals surface area (Å²) in [6, 6.07) is 63.1.